The molecule has 0 bridgehead atoms. The lowest BCUT2D eigenvalue weighted by Gasteiger charge is -2.35. The molecule has 5 heteroatoms. The average Bonchev–Trinajstić information content (AvgIpc) is 2.76. The molecule has 150 valence electrons. The Morgan fingerprint density at radius 1 is 0.897 bits per heavy atom. The molecule has 0 unspecified atom stereocenters. The molecule has 29 heavy (non-hydrogen) atoms. The fourth-order valence-electron chi connectivity index (χ4n) is 3.66. The Morgan fingerprint density at radius 3 is 2.31 bits per heavy atom. The molecule has 0 atom stereocenters. The highest BCUT2D eigenvalue weighted by molar-refractivity contribution is 5.59. The van der Waals surface area contributed by atoms with E-state index in [1.807, 2.05) is 6.07 Å². The number of hydrogen-bond donors (Lipinski definition) is 1. The van der Waals surface area contributed by atoms with Gasteiger partial charge in [0.2, 0.25) is 0 Å². The van der Waals surface area contributed by atoms with Crippen LogP contribution in [0.2, 0.25) is 0 Å². The van der Waals surface area contributed by atoms with Crippen molar-refractivity contribution >= 4 is 17.3 Å². The van der Waals surface area contributed by atoms with Crippen LogP contribution in [0.25, 0.3) is 0 Å². The monoisotopic (exact) mass is 387 g/mol. The second-order valence-corrected chi connectivity index (χ2v) is 7.91. The number of nitrogens with one attached hydrogen (secondary N) is 1. The summed E-state index contributed by atoms with van der Waals surface area (Å²) < 4.78 is 0. The van der Waals surface area contributed by atoms with Crippen molar-refractivity contribution in [1.29, 1.82) is 0 Å². The fourth-order valence-corrected chi connectivity index (χ4v) is 3.66. The van der Waals surface area contributed by atoms with Crippen LogP contribution in [0.3, 0.4) is 0 Å². The number of nitrogens with zero attached hydrogens (tertiary/aromatic N) is 4. The molecule has 1 aliphatic rings. The van der Waals surface area contributed by atoms with Gasteiger partial charge in [-0.25, -0.2) is 9.97 Å². The van der Waals surface area contributed by atoms with Gasteiger partial charge in [-0.15, -0.1) is 0 Å². The number of aromatic nitrogens is 2. The van der Waals surface area contributed by atoms with E-state index in [1.165, 1.54) is 11.1 Å². The van der Waals surface area contributed by atoms with Gasteiger partial charge in [-0.2, -0.15) is 0 Å². The summed E-state index contributed by atoms with van der Waals surface area (Å²) in [7, 11) is 0. The van der Waals surface area contributed by atoms with Crippen molar-refractivity contribution in [2.75, 3.05) is 36.4 Å². The van der Waals surface area contributed by atoms with Crippen LogP contribution in [0.1, 0.15) is 30.9 Å². The van der Waals surface area contributed by atoms with Crippen LogP contribution in [-0.2, 0) is 6.54 Å². The van der Waals surface area contributed by atoms with Crippen molar-refractivity contribution in [2.45, 2.75) is 26.3 Å². The van der Waals surface area contributed by atoms with Crippen molar-refractivity contribution in [3.05, 3.63) is 78.1 Å². The zero-order chi connectivity index (χ0) is 20.1. The molecule has 1 N–H and O–H groups in total. The Bertz CT molecular complexity index is 900. The third-order valence-corrected chi connectivity index (χ3v) is 5.45. The molecule has 0 aliphatic carbocycles. The van der Waals surface area contributed by atoms with Crippen LogP contribution in [0.4, 0.5) is 17.3 Å². The van der Waals surface area contributed by atoms with Crippen LogP contribution in [0.5, 0.6) is 0 Å². The summed E-state index contributed by atoms with van der Waals surface area (Å²) in [5.74, 6) is 2.36. The summed E-state index contributed by atoms with van der Waals surface area (Å²) in [6.45, 7) is 9.46. The number of benzene rings is 2. The first-order chi connectivity index (χ1) is 14.2. The molecule has 3 aromatic rings. The van der Waals surface area contributed by atoms with Gasteiger partial charge in [0.1, 0.15) is 18.0 Å². The maximum absolute atomic E-state index is 4.51. The maximum Gasteiger partial charge on any atom is 0.135 e. The van der Waals surface area contributed by atoms with Crippen LogP contribution >= 0.6 is 0 Å². The molecule has 1 saturated heterocycles. The van der Waals surface area contributed by atoms with Gasteiger partial charge in [0.25, 0.3) is 0 Å². The average molecular weight is 388 g/mol. The van der Waals surface area contributed by atoms with Gasteiger partial charge < -0.3 is 10.2 Å². The van der Waals surface area contributed by atoms with Gasteiger partial charge in [-0.05, 0) is 29.2 Å². The lowest BCUT2D eigenvalue weighted by molar-refractivity contribution is 0.249. The first-order valence-electron chi connectivity index (χ1n) is 10.4. The van der Waals surface area contributed by atoms with Gasteiger partial charge in [0, 0.05) is 44.5 Å². The van der Waals surface area contributed by atoms with Gasteiger partial charge in [-0.1, -0.05) is 56.3 Å². The standard InChI is InChI=1S/C24H29N5/c1-19(2)21-8-10-22(11-9-21)27-23-16-24(26-18-25-23)29-14-12-28(13-15-29)17-20-6-4-3-5-7-20/h3-11,16,18-19H,12-15,17H2,1-2H3,(H,25,26,27). The first kappa shape index (κ1) is 19.4. The number of anilines is 3. The zero-order valence-corrected chi connectivity index (χ0v) is 17.3. The Morgan fingerprint density at radius 2 is 1.62 bits per heavy atom. The number of hydrogen-bond acceptors (Lipinski definition) is 5. The van der Waals surface area contributed by atoms with Crippen molar-refractivity contribution in [2.24, 2.45) is 0 Å². The Balaban J connectivity index is 1.35. The highest BCUT2D eigenvalue weighted by Gasteiger charge is 2.18. The predicted molar refractivity (Wildman–Crippen MR) is 120 cm³/mol. The highest BCUT2D eigenvalue weighted by atomic mass is 15.3. The van der Waals surface area contributed by atoms with Crippen molar-refractivity contribution in [3.8, 4) is 0 Å². The van der Waals surface area contributed by atoms with Crippen LogP contribution in [0, 0.1) is 0 Å². The molecule has 0 radical (unpaired) electrons. The van der Waals surface area contributed by atoms with E-state index in [-0.39, 0.29) is 0 Å². The predicted octanol–water partition coefficient (Wildman–Crippen LogP) is 4.67. The third kappa shape index (κ3) is 5.12. The summed E-state index contributed by atoms with van der Waals surface area (Å²) in [6.07, 6.45) is 1.65. The molecule has 0 saturated carbocycles. The Kier molecular flexibility index (Phi) is 6.06. The fraction of sp³-hybridized carbons (Fsp3) is 0.333. The topological polar surface area (TPSA) is 44.3 Å². The minimum absolute atomic E-state index is 0.537. The molecular formula is C24H29N5. The lowest BCUT2D eigenvalue weighted by Crippen LogP contribution is -2.46. The van der Waals surface area contributed by atoms with Gasteiger partial charge in [0.15, 0.2) is 0 Å². The lowest BCUT2D eigenvalue weighted by atomic mass is 10.0. The minimum Gasteiger partial charge on any atom is -0.354 e. The normalized spacial score (nSPS) is 14.9. The summed E-state index contributed by atoms with van der Waals surface area (Å²) in [5, 5.41) is 3.40. The second-order valence-electron chi connectivity index (χ2n) is 7.91. The maximum atomic E-state index is 4.51. The van der Waals surface area contributed by atoms with Crippen molar-refractivity contribution in [1.82, 2.24) is 14.9 Å². The largest absolute Gasteiger partial charge is 0.354 e. The first-order valence-corrected chi connectivity index (χ1v) is 10.4. The van der Waals surface area contributed by atoms with E-state index < -0.39 is 0 Å². The van der Waals surface area contributed by atoms with E-state index in [0.29, 0.717) is 5.92 Å². The number of rotatable bonds is 6. The van der Waals surface area contributed by atoms with Crippen LogP contribution in [-0.4, -0.2) is 41.0 Å². The number of piperazine rings is 1. The molecule has 0 amide bonds. The van der Waals surface area contributed by atoms with E-state index in [1.54, 1.807) is 6.33 Å². The van der Waals surface area contributed by atoms with Crippen molar-refractivity contribution < 1.29 is 0 Å². The van der Waals surface area contributed by atoms with Gasteiger partial charge in [-0.3, -0.25) is 4.90 Å². The summed E-state index contributed by atoms with van der Waals surface area (Å²) >= 11 is 0. The van der Waals surface area contributed by atoms with Crippen LogP contribution < -0.4 is 10.2 Å². The Labute approximate surface area is 173 Å². The van der Waals surface area contributed by atoms with E-state index in [2.05, 4.69) is 93.5 Å². The molecule has 1 fully saturated rings. The molecule has 5 nitrogen and oxygen atoms in total. The van der Waals surface area contributed by atoms with E-state index in [0.717, 1.165) is 50.0 Å². The minimum atomic E-state index is 0.537. The van der Waals surface area contributed by atoms with E-state index in [9.17, 15) is 0 Å². The summed E-state index contributed by atoms with van der Waals surface area (Å²) in [4.78, 5) is 13.8. The van der Waals surface area contributed by atoms with E-state index in [4.69, 9.17) is 0 Å². The highest BCUT2D eigenvalue weighted by Crippen LogP contribution is 2.22. The zero-order valence-electron chi connectivity index (χ0n) is 17.3. The van der Waals surface area contributed by atoms with Gasteiger partial charge in [0.05, 0.1) is 0 Å². The SMILES string of the molecule is CC(C)c1ccc(Nc2cc(N3CCN(Cc4ccccc4)CC3)ncn2)cc1. The van der Waals surface area contributed by atoms with Crippen LogP contribution in [0.15, 0.2) is 67.0 Å². The smallest absolute Gasteiger partial charge is 0.135 e. The second kappa shape index (κ2) is 9.05. The molecular weight excluding hydrogens is 358 g/mol. The Hall–Kier alpha value is -2.92. The quantitative estimate of drug-likeness (QED) is 0.666. The summed E-state index contributed by atoms with van der Waals surface area (Å²) in [5.41, 5.74) is 3.76. The molecule has 1 aromatic heterocycles. The van der Waals surface area contributed by atoms with E-state index >= 15 is 0 Å². The molecule has 2 heterocycles. The molecule has 4 rings (SSSR count). The summed E-state index contributed by atoms with van der Waals surface area (Å²) in [6, 6.07) is 21.3. The molecule has 1 aliphatic heterocycles. The molecule has 0 spiro atoms. The molecule has 2 aromatic carbocycles. The van der Waals surface area contributed by atoms with Gasteiger partial charge >= 0.3 is 0 Å². The van der Waals surface area contributed by atoms with Crippen molar-refractivity contribution in [3.63, 3.8) is 0 Å². The third-order valence-electron chi connectivity index (χ3n) is 5.45.